The quantitative estimate of drug-likeness (QED) is 0.405. The van der Waals surface area contributed by atoms with Crippen molar-refractivity contribution in [1.82, 2.24) is 15.0 Å². The van der Waals surface area contributed by atoms with Gasteiger partial charge in [0.25, 0.3) is 0 Å². The molecule has 0 aliphatic carbocycles. The van der Waals surface area contributed by atoms with E-state index >= 15 is 0 Å². The van der Waals surface area contributed by atoms with Gasteiger partial charge in [0.1, 0.15) is 22.7 Å². The van der Waals surface area contributed by atoms with Gasteiger partial charge in [0.15, 0.2) is 11.6 Å². The fraction of sp³-hybridized carbons (Fsp3) is 0.0556. The van der Waals surface area contributed by atoms with Crippen LogP contribution in [-0.4, -0.2) is 26.6 Å². The van der Waals surface area contributed by atoms with Gasteiger partial charge in [0, 0.05) is 22.7 Å². The lowest BCUT2D eigenvalue weighted by atomic mass is 10.2. The van der Waals surface area contributed by atoms with Crippen molar-refractivity contribution in [2.75, 3.05) is 11.1 Å². The summed E-state index contributed by atoms with van der Waals surface area (Å²) in [6, 6.07) is 7.45. The molecule has 9 heteroatoms. The van der Waals surface area contributed by atoms with Gasteiger partial charge in [0.05, 0.1) is 11.3 Å². The SMILES string of the molecule is O=C(CSc1ncnc2c1[nH]c1ccc(F)cc12)Nc1ccc(F)c(F)c1. The Bertz CT molecular complexity index is 1180. The average molecular weight is 388 g/mol. The van der Waals surface area contributed by atoms with Gasteiger partial charge in [-0.2, -0.15) is 0 Å². The van der Waals surface area contributed by atoms with Crippen LogP contribution in [0, 0.1) is 17.5 Å². The summed E-state index contributed by atoms with van der Waals surface area (Å²) in [5.74, 6) is -2.80. The number of amides is 1. The van der Waals surface area contributed by atoms with Gasteiger partial charge in [-0.3, -0.25) is 4.79 Å². The maximum Gasteiger partial charge on any atom is 0.234 e. The van der Waals surface area contributed by atoms with Crippen LogP contribution in [0.1, 0.15) is 0 Å². The maximum absolute atomic E-state index is 13.5. The Labute approximate surface area is 155 Å². The van der Waals surface area contributed by atoms with Gasteiger partial charge in [-0.15, -0.1) is 0 Å². The summed E-state index contributed by atoms with van der Waals surface area (Å²) in [5.41, 5.74) is 2.03. The summed E-state index contributed by atoms with van der Waals surface area (Å²) < 4.78 is 39.6. The first-order valence-corrected chi connectivity index (χ1v) is 8.79. The molecule has 2 aromatic carbocycles. The molecule has 136 valence electrons. The van der Waals surface area contributed by atoms with E-state index in [1.165, 1.54) is 24.5 Å². The minimum atomic E-state index is -1.04. The lowest BCUT2D eigenvalue weighted by molar-refractivity contribution is -0.113. The summed E-state index contributed by atoms with van der Waals surface area (Å²) in [6.45, 7) is 0. The lowest BCUT2D eigenvalue weighted by Gasteiger charge is -2.05. The Hall–Kier alpha value is -3.07. The third-order valence-corrected chi connectivity index (χ3v) is 4.84. The molecule has 2 N–H and O–H groups in total. The highest BCUT2D eigenvalue weighted by atomic mass is 32.2. The molecule has 0 aliphatic heterocycles. The van der Waals surface area contributed by atoms with E-state index in [0.29, 0.717) is 27.0 Å². The molecule has 2 aromatic heterocycles. The van der Waals surface area contributed by atoms with E-state index in [2.05, 4.69) is 20.3 Å². The number of thioether (sulfide) groups is 1. The third kappa shape index (κ3) is 3.45. The van der Waals surface area contributed by atoms with Crippen LogP contribution in [0.3, 0.4) is 0 Å². The lowest BCUT2D eigenvalue weighted by Crippen LogP contribution is -2.14. The van der Waals surface area contributed by atoms with Crippen LogP contribution in [0.25, 0.3) is 21.9 Å². The van der Waals surface area contributed by atoms with Crippen LogP contribution in [0.2, 0.25) is 0 Å². The van der Waals surface area contributed by atoms with Crippen LogP contribution in [0.4, 0.5) is 18.9 Å². The van der Waals surface area contributed by atoms with Gasteiger partial charge in [-0.1, -0.05) is 11.8 Å². The molecular formula is C18H11F3N4OS. The standard InChI is InChI=1S/C18H11F3N4OS/c19-9-1-4-14-11(5-9)16-17(25-14)18(23-8-22-16)27-7-15(26)24-10-2-3-12(20)13(21)6-10/h1-6,8,25H,7H2,(H,24,26). The molecular weight excluding hydrogens is 377 g/mol. The van der Waals surface area contributed by atoms with E-state index < -0.39 is 17.5 Å². The van der Waals surface area contributed by atoms with Gasteiger partial charge >= 0.3 is 0 Å². The van der Waals surface area contributed by atoms with Crippen molar-refractivity contribution < 1.29 is 18.0 Å². The molecule has 0 bridgehead atoms. The molecule has 5 nitrogen and oxygen atoms in total. The van der Waals surface area contributed by atoms with Crippen LogP contribution < -0.4 is 5.32 Å². The first-order valence-electron chi connectivity index (χ1n) is 7.81. The predicted molar refractivity (Wildman–Crippen MR) is 97.1 cm³/mol. The second-order valence-electron chi connectivity index (χ2n) is 5.68. The van der Waals surface area contributed by atoms with Gasteiger partial charge < -0.3 is 10.3 Å². The first kappa shape index (κ1) is 17.3. The molecule has 2 heterocycles. The van der Waals surface area contributed by atoms with Crippen LogP contribution >= 0.6 is 11.8 Å². The zero-order valence-electron chi connectivity index (χ0n) is 13.6. The number of carbonyl (C=O) groups excluding carboxylic acids is 1. The Morgan fingerprint density at radius 1 is 1.07 bits per heavy atom. The molecule has 0 radical (unpaired) electrons. The number of aromatic nitrogens is 3. The van der Waals surface area contributed by atoms with Crippen molar-refractivity contribution in [2.45, 2.75) is 5.03 Å². The van der Waals surface area contributed by atoms with E-state index in [9.17, 15) is 18.0 Å². The maximum atomic E-state index is 13.5. The second kappa shape index (κ2) is 6.92. The number of hydrogen-bond donors (Lipinski definition) is 2. The molecule has 0 atom stereocenters. The van der Waals surface area contributed by atoms with E-state index in [0.717, 1.165) is 23.9 Å². The molecule has 0 unspecified atom stereocenters. The molecule has 4 rings (SSSR count). The minimum absolute atomic E-state index is 0.00512. The van der Waals surface area contributed by atoms with Crippen molar-refractivity contribution in [3.8, 4) is 0 Å². The van der Waals surface area contributed by atoms with Crippen molar-refractivity contribution >= 4 is 45.3 Å². The number of benzene rings is 2. The van der Waals surface area contributed by atoms with Crippen LogP contribution in [0.5, 0.6) is 0 Å². The highest BCUT2D eigenvalue weighted by Crippen LogP contribution is 2.30. The molecule has 0 saturated carbocycles. The van der Waals surface area contributed by atoms with E-state index in [1.807, 2.05) is 0 Å². The first-order chi connectivity index (χ1) is 13.0. The van der Waals surface area contributed by atoms with Crippen molar-refractivity contribution in [3.05, 3.63) is 60.2 Å². The summed E-state index contributed by atoms with van der Waals surface area (Å²) in [7, 11) is 0. The number of fused-ring (bicyclic) bond motifs is 3. The monoisotopic (exact) mass is 388 g/mol. The molecule has 1 amide bonds. The third-order valence-electron chi connectivity index (χ3n) is 3.85. The normalized spacial score (nSPS) is 11.2. The Kier molecular flexibility index (Phi) is 4.44. The predicted octanol–water partition coefficient (Wildman–Crippen LogP) is 4.26. The van der Waals surface area contributed by atoms with E-state index in [-0.39, 0.29) is 17.3 Å². The number of hydrogen-bond acceptors (Lipinski definition) is 4. The average Bonchev–Trinajstić information content (AvgIpc) is 3.01. The Morgan fingerprint density at radius 2 is 1.93 bits per heavy atom. The zero-order chi connectivity index (χ0) is 19.0. The summed E-state index contributed by atoms with van der Waals surface area (Å²) in [6.07, 6.45) is 1.34. The van der Waals surface area contributed by atoms with Crippen molar-refractivity contribution in [3.63, 3.8) is 0 Å². The topological polar surface area (TPSA) is 70.7 Å². The highest BCUT2D eigenvalue weighted by molar-refractivity contribution is 8.00. The Balaban J connectivity index is 1.54. The molecule has 27 heavy (non-hydrogen) atoms. The van der Waals surface area contributed by atoms with Crippen molar-refractivity contribution in [1.29, 1.82) is 0 Å². The zero-order valence-corrected chi connectivity index (χ0v) is 14.4. The molecule has 0 aliphatic rings. The number of nitrogens with one attached hydrogen (secondary N) is 2. The largest absolute Gasteiger partial charge is 0.351 e. The summed E-state index contributed by atoms with van der Waals surface area (Å²) in [5, 5.41) is 3.64. The number of aromatic amines is 1. The van der Waals surface area contributed by atoms with E-state index in [4.69, 9.17) is 0 Å². The second-order valence-corrected chi connectivity index (χ2v) is 6.65. The number of halogens is 3. The highest BCUT2D eigenvalue weighted by Gasteiger charge is 2.13. The number of carbonyl (C=O) groups is 1. The number of H-pyrrole nitrogens is 1. The minimum Gasteiger partial charge on any atom is -0.351 e. The smallest absolute Gasteiger partial charge is 0.234 e. The fourth-order valence-corrected chi connectivity index (χ4v) is 3.41. The molecule has 0 saturated heterocycles. The summed E-state index contributed by atoms with van der Waals surface area (Å²) in [4.78, 5) is 23.6. The number of nitrogens with zero attached hydrogens (tertiary/aromatic N) is 2. The van der Waals surface area contributed by atoms with Gasteiger partial charge in [-0.25, -0.2) is 23.1 Å². The molecule has 0 spiro atoms. The van der Waals surface area contributed by atoms with Gasteiger partial charge in [0.2, 0.25) is 5.91 Å². The Morgan fingerprint density at radius 3 is 2.74 bits per heavy atom. The van der Waals surface area contributed by atoms with Gasteiger partial charge in [-0.05, 0) is 30.3 Å². The molecule has 4 aromatic rings. The summed E-state index contributed by atoms with van der Waals surface area (Å²) >= 11 is 1.15. The van der Waals surface area contributed by atoms with Crippen LogP contribution in [0.15, 0.2) is 47.8 Å². The number of rotatable bonds is 4. The van der Waals surface area contributed by atoms with E-state index in [1.54, 1.807) is 6.07 Å². The van der Waals surface area contributed by atoms with Crippen molar-refractivity contribution in [2.24, 2.45) is 0 Å². The number of anilines is 1. The van der Waals surface area contributed by atoms with Crippen LogP contribution in [-0.2, 0) is 4.79 Å². The molecule has 0 fully saturated rings. The fourth-order valence-electron chi connectivity index (χ4n) is 2.66.